The number of esters is 1. The molecule has 0 amide bonds. The van der Waals surface area contributed by atoms with Crippen LogP contribution in [0.25, 0.3) is 16.8 Å². The van der Waals surface area contributed by atoms with Gasteiger partial charge in [-0.25, -0.2) is 4.99 Å². The van der Waals surface area contributed by atoms with E-state index in [9.17, 15) is 9.59 Å². The molecule has 3 rings (SSSR count). The van der Waals surface area contributed by atoms with Crippen molar-refractivity contribution in [2.24, 2.45) is 4.99 Å². The van der Waals surface area contributed by atoms with E-state index in [1.54, 1.807) is 6.08 Å². The van der Waals surface area contributed by atoms with Crippen molar-refractivity contribution < 1.29 is 14.3 Å². The number of thioether (sulfide) groups is 2. The summed E-state index contributed by atoms with van der Waals surface area (Å²) < 4.78 is 5.84. The van der Waals surface area contributed by atoms with Gasteiger partial charge in [-0.3, -0.25) is 9.59 Å². The summed E-state index contributed by atoms with van der Waals surface area (Å²) in [5, 5.41) is 2.16. The molecule has 2 aromatic rings. The largest absolute Gasteiger partial charge is 0.459 e. The summed E-state index contributed by atoms with van der Waals surface area (Å²) in [6, 6.07) is 14.1. The minimum Gasteiger partial charge on any atom is -0.459 e. The molecule has 1 aliphatic heterocycles. The number of aliphatic imine (C=N–C) groups is 1. The number of hydrogen-bond acceptors (Lipinski definition) is 6. The number of carbonyl (C=O) groups excluding carboxylic acids is 2. The van der Waals surface area contributed by atoms with Crippen LogP contribution in [0, 0.1) is 0 Å². The van der Waals surface area contributed by atoms with E-state index in [4.69, 9.17) is 4.74 Å². The lowest BCUT2D eigenvalue weighted by molar-refractivity contribution is -0.151. The second-order valence-corrected chi connectivity index (χ2v) is 8.96. The van der Waals surface area contributed by atoms with Gasteiger partial charge in [-0.05, 0) is 61.0 Å². The second kappa shape index (κ2) is 7.68. The van der Waals surface area contributed by atoms with E-state index < -0.39 is 5.60 Å². The SMILES string of the molecule is CC(C)(C)OC(=O)CSC1=NC(=Cc2ccc3ccccc3c2)C(=O)S1. The Labute approximate surface area is 161 Å². The molecule has 0 bridgehead atoms. The van der Waals surface area contributed by atoms with Crippen LogP contribution in [0.4, 0.5) is 0 Å². The van der Waals surface area contributed by atoms with Crippen LogP contribution in [0.1, 0.15) is 26.3 Å². The molecule has 0 aliphatic carbocycles. The minimum absolute atomic E-state index is 0.107. The van der Waals surface area contributed by atoms with Gasteiger partial charge in [0.1, 0.15) is 15.7 Å². The van der Waals surface area contributed by atoms with E-state index in [2.05, 4.69) is 4.99 Å². The van der Waals surface area contributed by atoms with Gasteiger partial charge in [0.2, 0.25) is 5.12 Å². The monoisotopic (exact) mass is 385 g/mol. The number of ether oxygens (including phenoxy) is 1. The van der Waals surface area contributed by atoms with Crippen LogP contribution in [0.5, 0.6) is 0 Å². The van der Waals surface area contributed by atoms with Crippen molar-refractivity contribution in [2.75, 3.05) is 5.75 Å². The highest BCUT2D eigenvalue weighted by molar-refractivity contribution is 8.45. The van der Waals surface area contributed by atoms with Gasteiger partial charge in [0.15, 0.2) is 0 Å². The molecule has 6 heteroatoms. The van der Waals surface area contributed by atoms with Gasteiger partial charge >= 0.3 is 5.97 Å². The number of hydrogen-bond donors (Lipinski definition) is 0. The van der Waals surface area contributed by atoms with Crippen LogP contribution < -0.4 is 0 Å². The highest BCUT2D eigenvalue weighted by Gasteiger charge is 2.24. The molecule has 0 N–H and O–H groups in total. The van der Waals surface area contributed by atoms with Crippen LogP contribution in [0.15, 0.2) is 53.2 Å². The molecule has 134 valence electrons. The van der Waals surface area contributed by atoms with Gasteiger partial charge in [0.05, 0.1) is 5.75 Å². The lowest BCUT2D eigenvalue weighted by atomic mass is 10.1. The first-order valence-electron chi connectivity index (χ1n) is 8.16. The molecule has 0 radical (unpaired) electrons. The molecule has 4 nitrogen and oxygen atoms in total. The number of benzene rings is 2. The molecular weight excluding hydrogens is 366 g/mol. The third-order valence-electron chi connectivity index (χ3n) is 3.41. The maximum Gasteiger partial charge on any atom is 0.316 e. The Hall–Kier alpha value is -2.05. The van der Waals surface area contributed by atoms with E-state index in [1.807, 2.05) is 63.2 Å². The van der Waals surface area contributed by atoms with Crippen LogP contribution >= 0.6 is 23.5 Å². The predicted molar refractivity (Wildman–Crippen MR) is 110 cm³/mol. The fourth-order valence-electron chi connectivity index (χ4n) is 2.40. The number of rotatable bonds is 3. The van der Waals surface area contributed by atoms with E-state index in [1.165, 1.54) is 11.8 Å². The summed E-state index contributed by atoms with van der Waals surface area (Å²) in [5.41, 5.74) is 0.811. The van der Waals surface area contributed by atoms with Gasteiger partial charge in [-0.2, -0.15) is 0 Å². The number of carbonyl (C=O) groups is 2. The lowest BCUT2D eigenvalue weighted by Gasteiger charge is -2.19. The summed E-state index contributed by atoms with van der Waals surface area (Å²) in [4.78, 5) is 28.3. The van der Waals surface area contributed by atoms with E-state index >= 15 is 0 Å². The zero-order valence-corrected chi connectivity index (χ0v) is 16.4. The lowest BCUT2D eigenvalue weighted by Crippen LogP contribution is -2.25. The maximum absolute atomic E-state index is 12.2. The van der Waals surface area contributed by atoms with Crippen molar-refractivity contribution in [3.63, 3.8) is 0 Å². The normalized spacial score (nSPS) is 16.2. The Morgan fingerprint density at radius 3 is 2.65 bits per heavy atom. The molecule has 1 aliphatic rings. The predicted octanol–water partition coefficient (Wildman–Crippen LogP) is 4.89. The average molecular weight is 386 g/mol. The van der Waals surface area contributed by atoms with Gasteiger partial charge in [-0.15, -0.1) is 0 Å². The zero-order chi connectivity index (χ0) is 18.7. The summed E-state index contributed by atoms with van der Waals surface area (Å²) in [5.74, 6) is -0.176. The molecule has 1 heterocycles. The highest BCUT2D eigenvalue weighted by Crippen LogP contribution is 2.31. The average Bonchev–Trinajstić information content (AvgIpc) is 2.91. The van der Waals surface area contributed by atoms with Crippen LogP contribution in [0.2, 0.25) is 0 Å². The van der Waals surface area contributed by atoms with Crippen molar-refractivity contribution in [3.05, 3.63) is 53.7 Å². The van der Waals surface area contributed by atoms with E-state index in [0.717, 1.165) is 28.1 Å². The topological polar surface area (TPSA) is 55.7 Å². The minimum atomic E-state index is -0.515. The Balaban J connectivity index is 1.70. The van der Waals surface area contributed by atoms with Crippen molar-refractivity contribution in [3.8, 4) is 0 Å². The van der Waals surface area contributed by atoms with Crippen LogP contribution in [-0.2, 0) is 14.3 Å². The molecule has 0 spiro atoms. The smallest absolute Gasteiger partial charge is 0.316 e. The number of nitrogens with zero attached hydrogens (tertiary/aromatic N) is 1. The Morgan fingerprint density at radius 1 is 1.19 bits per heavy atom. The molecule has 0 unspecified atom stereocenters. The second-order valence-electron chi connectivity index (χ2n) is 6.78. The molecule has 0 atom stereocenters. The molecule has 0 saturated heterocycles. The van der Waals surface area contributed by atoms with Gasteiger partial charge in [0.25, 0.3) is 0 Å². The Kier molecular flexibility index (Phi) is 5.53. The van der Waals surface area contributed by atoms with Gasteiger partial charge < -0.3 is 4.74 Å². The molecule has 0 saturated carbocycles. The third kappa shape index (κ3) is 4.99. The first-order valence-corrected chi connectivity index (χ1v) is 9.96. The summed E-state index contributed by atoms with van der Waals surface area (Å²) in [6.45, 7) is 5.47. The van der Waals surface area contributed by atoms with E-state index in [0.29, 0.717) is 10.1 Å². The van der Waals surface area contributed by atoms with Gasteiger partial charge in [0, 0.05) is 0 Å². The summed E-state index contributed by atoms with van der Waals surface area (Å²) >= 11 is 2.28. The first kappa shape index (κ1) is 18.7. The fourth-order valence-corrected chi connectivity index (χ4v) is 4.01. The highest BCUT2D eigenvalue weighted by atomic mass is 32.2. The quantitative estimate of drug-likeness (QED) is 0.556. The zero-order valence-electron chi connectivity index (χ0n) is 14.8. The molecular formula is C20H19NO3S2. The number of fused-ring (bicyclic) bond motifs is 1. The van der Waals surface area contributed by atoms with Gasteiger partial charge in [-0.1, -0.05) is 48.2 Å². The molecule has 26 heavy (non-hydrogen) atoms. The van der Waals surface area contributed by atoms with Crippen molar-refractivity contribution in [1.82, 2.24) is 0 Å². The first-order chi connectivity index (χ1) is 12.3. The maximum atomic E-state index is 12.2. The van der Waals surface area contributed by atoms with Crippen LogP contribution in [-0.4, -0.2) is 26.8 Å². The van der Waals surface area contributed by atoms with Crippen molar-refractivity contribution in [2.45, 2.75) is 26.4 Å². The third-order valence-corrected chi connectivity index (χ3v) is 5.39. The molecule has 0 aromatic heterocycles. The molecule has 2 aromatic carbocycles. The Bertz CT molecular complexity index is 926. The van der Waals surface area contributed by atoms with E-state index in [-0.39, 0.29) is 16.8 Å². The summed E-state index contributed by atoms with van der Waals surface area (Å²) in [6.07, 6.45) is 1.78. The van der Waals surface area contributed by atoms with Crippen molar-refractivity contribution >= 4 is 55.8 Å². The van der Waals surface area contributed by atoms with Crippen LogP contribution in [0.3, 0.4) is 0 Å². The Morgan fingerprint density at radius 2 is 1.92 bits per heavy atom. The summed E-state index contributed by atoms with van der Waals surface area (Å²) in [7, 11) is 0. The fraction of sp³-hybridized carbons (Fsp3) is 0.250. The standard InChI is InChI=1S/C20H19NO3S2/c1-20(2,3)24-17(22)12-25-19-21-16(18(23)26-19)11-13-8-9-14-6-4-5-7-15(14)10-13/h4-11H,12H2,1-3H3. The molecule has 0 fully saturated rings. The van der Waals surface area contributed by atoms with Crippen molar-refractivity contribution in [1.29, 1.82) is 0 Å².